The molecule has 1 aromatic heterocycles. The Morgan fingerprint density at radius 3 is 2.55 bits per heavy atom. The van der Waals surface area contributed by atoms with Crippen molar-refractivity contribution in [2.24, 2.45) is 11.3 Å². The van der Waals surface area contributed by atoms with E-state index in [2.05, 4.69) is 9.97 Å². The number of amides is 1. The van der Waals surface area contributed by atoms with Crippen molar-refractivity contribution in [3.63, 3.8) is 0 Å². The van der Waals surface area contributed by atoms with Crippen LogP contribution in [0.25, 0.3) is 10.9 Å². The van der Waals surface area contributed by atoms with Gasteiger partial charge < -0.3 is 14.7 Å². The smallest absolute Gasteiger partial charge is 0.326 e. The Labute approximate surface area is 171 Å². The third-order valence-electron chi connectivity index (χ3n) is 5.71. The second-order valence-electron chi connectivity index (χ2n) is 9.00. The largest absolute Gasteiger partial charge is 0.480 e. The molecule has 0 saturated carbocycles. The van der Waals surface area contributed by atoms with Crippen molar-refractivity contribution in [3.8, 4) is 5.88 Å². The minimum absolute atomic E-state index is 0.157. The number of carbonyl (C=O) groups excluding carboxylic acids is 1. The topological polar surface area (TPSA) is 92.6 Å². The fourth-order valence-corrected chi connectivity index (χ4v) is 3.55. The van der Waals surface area contributed by atoms with E-state index in [9.17, 15) is 14.7 Å². The minimum atomic E-state index is -1.01. The van der Waals surface area contributed by atoms with E-state index in [1.165, 1.54) is 4.90 Å². The highest BCUT2D eigenvalue weighted by Crippen LogP contribution is 2.32. The SMILES string of the molecule is Cc1ccc2nc(C)nc(OC3CC(C(=O)O)N(C(=O)[C@@H](C)C(C)(C)C)C3)c2c1. The van der Waals surface area contributed by atoms with Gasteiger partial charge in [0.25, 0.3) is 0 Å². The van der Waals surface area contributed by atoms with Gasteiger partial charge in [-0.05, 0) is 31.4 Å². The number of ether oxygens (including phenoxy) is 1. The number of carboxylic acid groups (broad SMARTS) is 1. The van der Waals surface area contributed by atoms with Gasteiger partial charge in [-0.15, -0.1) is 0 Å². The quantitative estimate of drug-likeness (QED) is 0.847. The Morgan fingerprint density at radius 2 is 1.93 bits per heavy atom. The van der Waals surface area contributed by atoms with Gasteiger partial charge in [-0.3, -0.25) is 4.79 Å². The van der Waals surface area contributed by atoms with Gasteiger partial charge in [-0.1, -0.05) is 39.3 Å². The number of aryl methyl sites for hydroxylation is 2. The van der Waals surface area contributed by atoms with E-state index in [1.54, 1.807) is 6.92 Å². The standard InChI is InChI=1S/C22H29N3O4/c1-12-7-8-17-16(9-12)19(24-14(3)23-17)29-15-10-18(21(27)28)25(11-15)20(26)13(2)22(4,5)6/h7-9,13,15,18H,10-11H2,1-6H3,(H,27,28)/t13-,15?,18?/m1/s1. The molecule has 1 saturated heterocycles. The molecule has 156 valence electrons. The van der Waals surface area contributed by atoms with Crippen LogP contribution in [0.2, 0.25) is 0 Å². The number of aromatic nitrogens is 2. The predicted molar refractivity (Wildman–Crippen MR) is 110 cm³/mol. The average molecular weight is 399 g/mol. The van der Waals surface area contributed by atoms with Crippen molar-refractivity contribution >= 4 is 22.8 Å². The number of aliphatic carboxylic acids is 1. The number of carbonyl (C=O) groups is 2. The summed E-state index contributed by atoms with van der Waals surface area (Å²) in [5, 5.41) is 10.5. The van der Waals surface area contributed by atoms with E-state index in [0.29, 0.717) is 11.7 Å². The molecule has 1 aromatic carbocycles. The zero-order valence-electron chi connectivity index (χ0n) is 17.9. The molecular formula is C22H29N3O4. The molecule has 2 unspecified atom stereocenters. The zero-order valence-corrected chi connectivity index (χ0v) is 17.9. The third-order valence-corrected chi connectivity index (χ3v) is 5.71. The van der Waals surface area contributed by atoms with Crippen molar-refractivity contribution in [1.29, 1.82) is 0 Å². The molecule has 2 heterocycles. The van der Waals surface area contributed by atoms with E-state index in [-0.39, 0.29) is 30.2 Å². The zero-order chi connectivity index (χ0) is 21.5. The number of carboxylic acids is 1. The van der Waals surface area contributed by atoms with E-state index in [4.69, 9.17) is 4.74 Å². The van der Waals surface area contributed by atoms with E-state index in [0.717, 1.165) is 16.5 Å². The molecule has 7 nitrogen and oxygen atoms in total. The van der Waals surface area contributed by atoms with Crippen LogP contribution in [-0.4, -0.2) is 50.5 Å². The summed E-state index contributed by atoms with van der Waals surface area (Å²) in [5.41, 5.74) is 1.58. The summed E-state index contributed by atoms with van der Waals surface area (Å²) in [6.07, 6.45) is -0.209. The lowest BCUT2D eigenvalue weighted by Crippen LogP contribution is -2.45. The second kappa shape index (κ2) is 7.61. The number of nitrogens with zero attached hydrogens (tertiary/aromatic N) is 3. The summed E-state index contributed by atoms with van der Waals surface area (Å²) < 4.78 is 6.14. The first-order valence-corrected chi connectivity index (χ1v) is 9.92. The molecule has 2 aromatic rings. The maximum absolute atomic E-state index is 13.0. The molecule has 1 aliphatic rings. The molecular weight excluding hydrogens is 370 g/mol. The van der Waals surface area contributed by atoms with Crippen LogP contribution in [0.1, 0.15) is 45.5 Å². The fraction of sp³-hybridized carbons (Fsp3) is 0.545. The Kier molecular flexibility index (Phi) is 5.52. The van der Waals surface area contributed by atoms with Gasteiger partial charge in [0.05, 0.1) is 17.4 Å². The Balaban J connectivity index is 1.88. The van der Waals surface area contributed by atoms with Gasteiger partial charge in [0.1, 0.15) is 18.0 Å². The predicted octanol–water partition coefficient (Wildman–Crippen LogP) is 3.36. The molecule has 0 aliphatic carbocycles. The molecule has 0 spiro atoms. The first kappa shape index (κ1) is 21.0. The summed E-state index contributed by atoms with van der Waals surface area (Å²) in [7, 11) is 0. The van der Waals surface area contributed by atoms with Gasteiger partial charge in [0.2, 0.25) is 11.8 Å². The molecule has 1 aliphatic heterocycles. The van der Waals surface area contributed by atoms with Crippen LogP contribution in [0.4, 0.5) is 0 Å². The molecule has 1 N–H and O–H groups in total. The van der Waals surface area contributed by atoms with Gasteiger partial charge >= 0.3 is 5.97 Å². The van der Waals surface area contributed by atoms with Crippen LogP contribution in [0.15, 0.2) is 18.2 Å². The molecule has 29 heavy (non-hydrogen) atoms. The monoisotopic (exact) mass is 399 g/mol. The van der Waals surface area contributed by atoms with E-state index < -0.39 is 18.1 Å². The van der Waals surface area contributed by atoms with Crippen LogP contribution in [0.5, 0.6) is 5.88 Å². The lowest BCUT2D eigenvalue weighted by Gasteiger charge is -2.31. The second-order valence-corrected chi connectivity index (χ2v) is 9.00. The number of hydrogen-bond acceptors (Lipinski definition) is 5. The fourth-order valence-electron chi connectivity index (χ4n) is 3.55. The van der Waals surface area contributed by atoms with Crippen molar-refractivity contribution in [3.05, 3.63) is 29.6 Å². The molecule has 3 rings (SSSR count). The lowest BCUT2D eigenvalue weighted by atomic mass is 9.81. The van der Waals surface area contributed by atoms with Gasteiger partial charge in [0, 0.05) is 12.3 Å². The van der Waals surface area contributed by atoms with E-state index >= 15 is 0 Å². The summed E-state index contributed by atoms with van der Waals surface area (Å²) in [6, 6.07) is 4.95. The summed E-state index contributed by atoms with van der Waals surface area (Å²) in [4.78, 5) is 35.1. The van der Waals surface area contributed by atoms with Crippen molar-refractivity contribution in [2.75, 3.05) is 6.54 Å². The third kappa shape index (κ3) is 4.33. The van der Waals surface area contributed by atoms with Crippen LogP contribution in [-0.2, 0) is 9.59 Å². The highest BCUT2D eigenvalue weighted by atomic mass is 16.5. The Hall–Kier alpha value is -2.70. The molecule has 0 bridgehead atoms. The molecule has 1 fully saturated rings. The molecule has 0 radical (unpaired) electrons. The summed E-state index contributed by atoms with van der Waals surface area (Å²) >= 11 is 0. The Bertz CT molecular complexity index is 951. The number of rotatable bonds is 4. The molecule has 1 amide bonds. The highest BCUT2D eigenvalue weighted by Gasteiger charge is 2.44. The number of fused-ring (bicyclic) bond motifs is 1. The van der Waals surface area contributed by atoms with Crippen LogP contribution in [0, 0.1) is 25.2 Å². The van der Waals surface area contributed by atoms with Crippen LogP contribution >= 0.6 is 0 Å². The minimum Gasteiger partial charge on any atom is -0.480 e. The number of benzene rings is 1. The van der Waals surface area contributed by atoms with Crippen molar-refractivity contribution in [2.45, 2.75) is 60.1 Å². The van der Waals surface area contributed by atoms with Crippen LogP contribution < -0.4 is 4.74 Å². The van der Waals surface area contributed by atoms with Gasteiger partial charge in [0.15, 0.2) is 0 Å². The van der Waals surface area contributed by atoms with Crippen molar-refractivity contribution in [1.82, 2.24) is 14.9 Å². The van der Waals surface area contributed by atoms with Crippen molar-refractivity contribution < 1.29 is 19.4 Å². The highest BCUT2D eigenvalue weighted by molar-refractivity contribution is 5.86. The Morgan fingerprint density at radius 1 is 1.24 bits per heavy atom. The molecule has 3 atom stereocenters. The average Bonchev–Trinajstić information content (AvgIpc) is 3.04. The maximum atomic E-state index is 13.0. The van der Waals surface area contributed by atoms with Crippen LogP contribution in [0.3, 0.4) is 0 Å². The normalized spacial score (nSPS) is 20.7. The summed E-state index contributed by atoms with van der Waals surface area (Å²) in [6.45, 7) is 11.8. The van der Waals surface area contributed by atoms with Gasteiger partial charge in [-0.25, -0.2) is 9.78 Å². The van der Waals surface area contributed by atoms with E-state index in [1.807, 2.05) is 52.8 Å². The first-order valence-electron chi connectivity index (χ1n) is 9.92. The molecule has 7 heteroatoms. The lowest BCUT2D eigenvalue weighted by molar-refractivity contribution is -0.151. The maximum Gasteiger partial charge on any atom is 0.326 e. The number of hydrogen-bond donors (Lipinski definition) is 1. The number of likely N-dealkylation sites (tertiary alicyclic amines) is 1. The van der Waals surface area contributed by atoms with Gasteiger partial charge in [-0.2, -0.15) is 4.98 Å². The summed E-state index contributed by atoms with van der Waals surface area (Å²) in [5.74, 6) is -0.449. The first-order chi connectivity index (χ1) is 13.5.